The maximum absolute atomic E-state index is 4.66. The molecule has 0 saturated heterocycles. The van der Waals surface area contributed by atoms with Gasteiger partial charge in [0.25, 0.3) is 0 Å². The molecule has 112 valence electrons. The van der Waals surface area contributed by atoms with Crippen LogP contribution in [0.25, 0.3) is 10.9 Å². The van der Waals surface area contributed by atoms with E-state index in [4.69, 9.17) is 0 Å². The summed E-state index contributed by atoms with van der Waals surface area (Å²) >= 11 is 0. The predicted octanol–water partition coefficient (Wildman–Crippen LogP) is 4.86. The minimum absolute atomic E-state index is 0.462. The first-order valence-corrected chi connectivity index (χ1v) is 8.47. The van der Waals surface area contributed by atoms with E-state index in [1.807, 2.05) is 12.3 Å². The van der Waals surface area contributed by atoms with E-state index in [0.29, 0.717) is 6.04 Å². The van der Waals surface area contributed by atoms with E-state index in [0.717, 1.165) is 12.5 Å². The smallest absolute Gasteiger partial charge is 0.0749 e. The van der Waals surface area contributed by atoms with E-state index in [1.165, 1.54) is 55.0 Å². The Bertz CT molecular complexity index is 567. The predicted molar refractivity (Wildman–Crippen MR) is 89.4 cm³/mol. The number of hydrogen-bond donors (Lipinski definition) is 1. The number of nitrogens with one attached hydrogen (secondary N) is 1. The van der Waals surface area contributed by atoms with Gasteiger partial charge in [-0.05, 0) is 43.4 Å². The van der Waals surface area contributed by atoms with Crippen molar-refractivity contribution in [3.8, 4) is 0 Å². The molecule has 1 atom stereocenters. The Morgan fingerprint density at radius 2 is 1.95 bits per heavy atom. The van der Waals surface area contributed by atoms with Crippen LogP contribution < -0.4 is 5.32 Å². The lowest BCUT2D eigenvalue weighted by atomic mass is 9.80. The molecule has 3 rings (SSSR count). The van der Waals surface area contributed by atoms with Gasteiger partial charge >= 0.3 is 0 Å². The summed E-state index contributed by atoms with van der Waals surface area (Å²) in [6.07, 6.45) is 9.98. The molecule has 1 heterocycles. The Morgan fingerprint density at radius 3 is 2.76 bits per heavy atom. The molecule has 1 unspecified atom stereocenters. The summed E-state index contributed by atoms with van der Waals surface area (Å²) < 4.78 is 0. The van der Waals surface area contributed by atoms with Gasteiger partial charge < -0.3 is 5.32 Å². The Morgan fingerprint density at radius 1 is 1.14 bits per heavy atom. The van der Waals surface area contributed by atoms with Crippen molar-refractivity contribution in [1.82, 2.24) is 10.3 Å². The van der Waals surface area contributed by atoms with E-state index >= 15 is 0 Å². The van der Waals surface area contributed by atoms with Crippen LogP contribution in [0.1, 0.15) is 57.1 Å². The van der Waals surface area contributed by atoms with Gasteiger partial charge in [0.2, 0.25) is 0 Å². The quantitative estimate of drug-likeness (QED) is 0.847. The van der Waals surface area contributed by atoms with Gasteiger partial charge in [0, 0.05) is 17.6 Å². The van der Waals surface area contributed by atoms with Crippen LogP contribution in [0.3, 0.4) is 0 Å². The molecule has 1 aliphatic rings. The van der Waals surface area contributed by atoms with Crippen LogP contribution in [-0.2, 0) is 0 Å². The second kappa shape index (κ2) is 7.04. The lowest BCUT2D eigenvalue weighted by molar-refractivity contribution is 0.273. The molecule has 1 aliphatic carbocycles. The van der Waals surface area contributed by atoms with Crippen LogP contribution >= 0.6 is 0 Å². The van der Waals surface area contributed by atoms with Crippen LogP contribution in [0.5, 0.6) is 0 Å². The van der Waals surface area contributed by atoms with Gasteiger partial charge in [-0.15, -0.1) is 0 Å². The van der Waals surface area contributed by atoms with Crippen molar-refractivity contribution in [3.63, 3.8) is 0 Å². The third kappa shape index (κ3) is 3.26. The van der Waals surface area contributed by atoms with Gasteiger partial charge in [0.05, 0.1) is 5.52 Å². The van der Waals surface area contributed by atoms with Gasteiger partial charge in [0.15, 0.2) is 0 Å². The number of hydrogen-bond acceptors (Lipinski definition) is 2. The Kier molecular flexibility index (Phi) is 4.87. The lowest BCUT2D eigenvalue weighted by Gasteiger charge is -2.32. The zero-order chi connectivity index (χ0) is 14.5. The van der Waals surface area contributed by atoms with Crippen LogP contribution in [0.15, 0.2) is 36.5 Å². The summed E-state index contributed by atoms with van der Waals surface area (Å²) in [6, 6.07) is 11.3. The van der Waals surface area contributed by atoms with E-state index < -0.39 is 0 Å². The number of fused-ring (bicyclic) bond motifs is 1. The molecule has 1 saturated carbocycles. The first-order valence-electron chi connectivity index (χ1n) is 8.47. The lowest BCUT2D eigenvalue weighted by Crippen LogP contribution is -2.30. The molecule has 0 spiro atoms. The number of benzene rings is 1. The maximum Gasteiger partial charge on any atom is 0.0749 e. The van der Waals surface area contributed by atoms with Crippen molar-refractivity contribution in [2.24, 2.45) is 5.92 Å². The van der Waals surface area contributed by atoms with Crippen molar-refractivity contribution < 1.29 is 0 Å². The van der Waals surface area contributed by atoms with Gasteiger partial charge in [0.1, 0.15) is 0 Å². The van der Waals surface area contributed by atoms with Crippen LogP contribution in [0.2, 0.25) is 0 Å². The highest BCUT2D eigenvalue weighted by Gasteiger charge is 2.26. The normalized spacial score (nSPS) is 18.0. The highest BCUT2D eigenvalue weighted by Crippen LogP contribution is 2.36. The van der Waals surface area contributed by atoms with E-state index in [9.17, 15) is 0 Å². The fourth-order valence-corrected chi connectivity index (χ4v) is 3.68. The molecule has 0 amide bonds. The van der Waals surface area contributed by atoms with E-state index in [2.05, 4.69) is 41.5 Å². The Balaban J connectivity index is 1.96. The molecular weight excluding hydrogens is 256 g/mol. The number of nitrogens with zero attached hydrogens (tertiary/aromatic N) is 1. The van der Waals surface area contributed by atoms with Gasteiger partial charge in [-0.1, -0.05) is 50.5 Å². The molecule has 2 aromatic rings. The molecule has 1 aromatic carbocycles. The molecule has 2 nitrogen and oxygen atoms in total. The van der Waals surface area contributed by atoms with Crippen molar-refractivity contribution >= 4 is 10.9 Å². The average Bonchev–Trinajstić information content (AvgIpc) is 2.56. The molecule has 1 fully saturated rings. The molecular formula is C19H26N2. The largest absolute Gasteiger partial charge is 0.310 e. The van der Waals surface area contributed by atoms with Crippen LogP contribution in [0.4, 0.5) is 0 Å². The van der Waals surface area contributed by atoms with Gasteiger partial charge in [-0.25, -0.2) is 0 Å². The molecule has 1 aromatic heterocycles. The summed E-state index contributed by atoms with van der Waals surface area (Å²) in [7, 11) is 0. The summed E-state index contributed by atoms with van der Waals surface area (Å²) in [5, 5.41) is 5.07. The average molecular weight is 282 g/mol. The molecule has 2 heteroatoms. The monoisotopic (exact) mass is 282 g/mol. The van der Waals surface area contributed by atoms with Gasteiger partial charge in [-0.2, -0.15) is 0 Å². The van der Waals surface area contributed by atoms with Crippen molar-refractivity contribution in [3.05, 3.63) is 42.1 Å². The summed E-state index contributed by atoms with van der Waals surface area (Å²) in [5.74, 6) is 0.762. The molecule has 0 aliphatic heterocycles. The molecule has 1 N–H and O–H groups in total. The summed E-state index contributed by atoms with van der Waals surface area (Å²) in [6.45, 7) is 3.33. The van der Waals surface area contributed by atoms with Gasteiger partial charge in [-0.3, -0.25) is 4.98 Å². The number of pyridine rings is 1. The summed E-state index contributed by atoms with van der Waals surface area (Å²) in [5.41, 5.74) is 2.58. The standard InChI is InChI=1S/C19H26N2/c1-2-13-20-18(15-8-4-3-5-9-15)17-12-6-10-16-11-7-14-21-19(16)17/h6-7,10-12,14-15,18,20H,2-5,8-9,13H2,1H3. The maximum atomic E-state index is 4.66. The zero-order valence-electron chi connectivity index (χ0n) is 13.0. The molecule has 21 heavy (non-hydrogen) atoms. The van der Waals surface area contributed by atoms with Crippen molar-refractivity contribution in [2.45, 2.75) is 51.5 Å². The fourth-order valence-electron chi connectivity index (χ4n) is 3.68. The van der Waals surface area contributed by atoms with Crippen molar-refractivity contribution in [1.29, 1.82) is 0 Å². The first-order chi connectivity index (χ1) is 10.4. The number of aromatic nitrogens is 1. The minimum Gasteiger partial charge on any atom is -0.310 e. The second-order valence-corrected chi connectivity index (χ2v) is 6.25. The topological polar surface area (TPSA) is 24.9 Å². The molecule has 0 bridgehead atoms. The van der Waals surface area contributed by atoms with E-state index in [-0.39, 0.29) is 0 Å². The van der Waals surface area contributed by atoms with E-state index in [1.54, 1.807) is 0 Å². The minimum atomic E-state index is 0.462. The summed E-state index contributed by atoms with van der Waals surface area (Å²) in [4.78, 5) is 4.66. The SMILES string of the molecule is CCCNC(c1cccc2cccnc12)C1CCCCC1. The third-order valence-corrected chi connectivity index (χ3v) is 4.73. The van der Waals surface area contributed by atoms with Crippen LogP contribution in [0, 0.1) is 5.92 Å². The fraction of sp³-hybridized carbons (Fsp3) is 0.526. The Labute approximate surface area is 128 Å². The van der Waals surface area contributed by atoms with Crippen molar-refractivity contribution in [2.75, 3.05) is 6.54 Å². The highest BCUT2D eigenvalue weighted by atomic mass is 14.9. The second-order valence-electron chi connectivity index (χ2n) is 6.25. The number of rotatable bonds is 5. The zero-order valence-corrected chi connectivity index (χ0v) is 13.0. The number of para-hydroxylation sites is 1. The van der Waals surface area contributed by atoms with Crippen LogP contribution in [-0.4, -0.2) is 11.5 Å². The highest BCUT2D eigenvalue weighted by molar-refractivity contribution is 5.82. The third-order valence-electron chi connectivity index (χ3n) is 4.73. The molecule has 0 radical (unpaired) electrons. The first kappa shape index (κ1) is 14.5. The Hall–Kier alpha value is -1.41.